The highest BCUT2D eigenvalue weighted by Crippen LogP contribution is 2.28. The molecular formula is C25H27N5O12S. The van der Waals surface area contributed by atoms with Crippen molar-refractivity contribution >= 4 is 26.8 Å². The molecule has 0 saturated carbocycles. The minimum Gasteiger partial charge on any atom is -0.491 e. The van der Waals surface area contributed by atoms with Gasteiger partial charge in [-0.2, -0.15) is 4.31 Å². The van der Waals surface area contributed by atoms with Crippen LogP contribution < -0.4 is 16.0 Å². The summed E-state index contributed by atoms with van der Waals surface area (Å²) in [6.07, 6.45) is 0.566. The molecule has 0 aliphatic carbocycles. The molecule has 1 unspecified atom stereocenters. The van der Waals surface area contributed by atoms with E-state index in [9.17, 15) is 38.2 Å². The second-order valence-corrected chi connectivity index (χ2v) is 11.5. The van der Waals surface area contributed by atoms with Crippen LogP contribution in [0.15, 0.2) is 58.4 Å². The average molecular weight is 622 g/mol. The molecule has 0 bridgehead atoms. The summed E-state index contributed by atoms with van der Waals surface area (Å²) in [6, 6.07) is 9.56. The number of aryl methyl sites for hydroxylation is 1. The number of hydrogen-bond acceptors (Lipinski definition) is 13. The zero-order chi connectivity index (χ0) is 31.3. The molecule has 3 aromatic rings. The summed E-state index contributed by atoms with van der Waals surface area (Å²) < 4.78 is 39.7. The first kappa shape index (κ1) is 31.1. The zero-order valence-corrected chi connectivity index (χ0v) is 23.5. The lowest BCUT2D eigenvalue weighted by Gasteiger charge is -2.19. The molecule has 43 heavy (non-hydrogen) atoms. The zero-order valence-electron chi connectivity index (χ0n) is 22.7. The Kier molecular flexibility index (Phi) is 9.42. The number of hydrogen-bond donors (Lipinski definition) is 1. The van der Waals surface area contributed by atoms with Gasteiger partial charge in [-0.3, -0.25) is 9.36 Å². The molecule has 4 rings (SSSR count). The largest absolute Gasteiger partial charge is 0.491 e. The van der Waals surface area contributed by atoms with Crippen molar-refractivity contribution in [2.45, 2.75) is 37.1 Å². The smallest absolute Gasteiger partial charge is 0.339 e. The van der Waals surface area contributed by atoms with Crippen LogP contribution in [0.1, 0.15) is 22.3 Å². The van der Waals surface area contributed by atoms with Crippen molar-refractivity contribution in [3.63, 3.8) is 0 Å². The standard InChI is InChI=1S/C25H27N5O12S/c1-16-11-27(24(31)21-3-2-4-22(23(16)21)43(37,38)28-10-9-18(26)12-28)15-40-25(32)17-5-7-19(8-6-17)39-13-20(42-30(35)36)14-41-29(33)34/h2-8,11,18,20H,9-10,12-15,26H2,1H3/t18-,20?/m0/s1. The van der Waals surface area contributed by atoms with Gasteiger partial charge in [0.1, 0.15) is 19.0 Å². The van der Waals surface area contributed by atoms with Crippen LogP contribution in [0.2, 0.25) is 0 Å². The lowest BCUT2D eigenvalue weighted by atomic mass is 10.1. The Hall–Kier alpha value is -4.81. The average Bonchev–Trinajstić information content (AvgIpc) is 3.42. The number of fused-ring (bicyclic) bond motifs is 1. The van der Waals surface area contributed by atoms with Crippen molar-refractivity contribution in [3.8, 4) is 5.75 Å². The Morgan fingerprint density at radius 1 is 1.12 bits per heavy atom. The summed E-state index contributed by atoms with van der Waals surface area (Å²) >= 11 is 0. The third kappa shape index (κ3) is 7.34. The van der Waals surface area contributed by atoms with Crippen molar-refractivity contribution in [3.05, 3.63) is 90.4 Å². The highest BCUT2D eigenvalue weighted by molar-refractivity contribution is 7.89. The van der Waals surface area contributed by atoms with Gasteiger partial charge in [-0.1, -0.05) is 6.07 Å². The quantitative estimate of drug-likeness (QED) is 0.160. The van der Waals surface area contributed by atoms with Gasteiger partial charge in [-0.15, -0.1) is 20.2 Å². The van der Waals surface area contributed by atoms with Crippen molar-refractivity contribution in [1.29, 1.82) is 0 Å². The summed E-state index contributed by atoms with van der Waals surface area (Å²) in [4.78, 5) is 55.1. The maximum Gasteiger partial charge on any atom is 0.339 e. The Morgan fingerprint density at radius 3 is 2.47 bits per heavy atom. The Labute approximate surface area is 243 Å². The minimum absolute atomic E-state index is 0.00160. The van der Waals surface area contributed by atoms with E-state index in [4.69, 9.17) is 15.2 Å². The molecule has 1 aliphatic heterocycles. The predicted molar refractivity (Wildman–Crippen MR) is 146 cm³/mol. The van der Waals surface area contributed by atoms with E-state index >= 15 is 0 Å². The molecule has 2 aromatic carbocycles. The molecule has 1 saturated heterocycles. The molecular weight excluding hydrogens is 594 g/mol. The molecule has 230 valence electrons. The lowest BCUT2D eigenvalue weighted by Crippen LogP contribution is -2.32. The van der Waals surface area contributed by atoms with Crippen molar-refractivity contribution in [1.82, 2.24) is 8.87 Å². The molecule has 17 nitrogen and oxygen atoms in total. The van der Waals surface area contributed by atoms with Crippen molar-refractivity contribution in [2.24, 2.45) is 5.73 Å². The fraction of sp³-hybridized carbons (Fsp3) is 0.360. The number of rotatable bonds is 13. The van der Waals surface area contributed by atoms with Crippen LogP contribution in [0.4, 0.5) is 0 Å². The number of ether oxygens (including phenoxy) is 2. The number of pyridine rings is 1. The summed E-state index contributed by atoms with van der Waals surface area (Å²) in [7, 11) is -3.90. The molecule has 0 spiro atoms. The number of nitrogens with two attached hydrogens (primary N) is 1. The van der Waals surface area contributed by atoms with E-state index in [0.29, 0.717) is 12.0 Å². The third-order valence-electron chi connectivity index (χ3n) is 6.53. The topological polar surface area (TPSA) is 226 Å². The number of nitrogens with zero attached hydrogens (tertiary/aromatic N) is 4. The molecule has 0 radical (unpaired) electrons. The van der Waals surface area contributed by atoms with Crippen LogP contribution >= 0.6 is 0 Å². The minimum atomic E-state index is -3.90. The summed E-state index contributed by atoms with van der Waals surface area (Å²) in [5.41, 5.74) is 5.91. The summed E-state index contributed by atoms with van der Waals surface area (Å²) in [6.45, 7) is 0.467. The number of esters is 1. The molecule has 0 amide bonds. The predicted octanol–water partition coefficient (Wildman–Crippen LogP) is 1.01. The van der Waals surface area contributed by atoms with E-state index in [1.807, 2.05) is 0 Å². The molecule has 1 aromatic heterocycles. The van der Waals surface area contributed by atoms with Gasteiger partial charge >= 0.3 is 5.97 Å². The Balaban J connectivity index is 1.44. The monoisotopic (exact) mass is 621 g/mol. The summed E-state index contributed by atoms with van der Waals surface area (Å²) in [5, 5.41) is 19.1. The fourth-order valence-corrected chi connectivity index (χ4v) is 6.30. The van der Waals surface area contributed by atoms with E-state index in [1.54, 1.807) is 6.92 Å². The molecule has 2 atom stereocenters. The van der Waals surface area contributed by atoms with Gasteiger partial charge in [0.15, 0.2) is 12.8 Å². The number of aromatic nitrogens is 1. The van der Waals surface area contributed by atoms with E-state index in [0.717, 1.165) is 4.57 Å². The van der Waals surface area contributed by atoms with Gasteiger partial charge in [0.05, 0.1) is 10.5 Å². The third-order valence-corrected chi connectivity index (χ3v) is 8.44. The molecule has 1 fully saturated rings. The maximum absolute atomic E-state index is 13.3. The van der Waals surface area contributed by atoms with Gasteiger partial charge in [0.25, 0.3) is 15.7 Å². The number of carbonyl (C=O) groups is 1. The van der Waals surface area contributed by atoms with E-state index in [1.165, 1.54) is 53.0 Å². The first-order chi connectivity index (χ1) is 20.4. The van der Waals surface area contributed by atoms with E-state index in [2.05, 4.69) is 9.68 Å². The molecule has 18 heteroatoms. The second kappa shape index (κ2) is 13.0. The highest BCUT2D eigenvalue weighted by Gasteiger charge is 2.32. The van der Waals surface area contributed by atoms with Gasteiger partial charge in [-0.25, -0.2) is 13.2 Å². The first-order valence-corrected chi connectivity index (χ1v) is 14.2. The van der Waals surface area contributed by atoms with Crippen LogP contribution in [0, 0.1) is 27.2 Å². The lowest BCUT2D eigenvalue weighted by molar-refractivity contribution is -0.790. The van der Waals surface area contributed by atoms with Crippen LogP contribution in [-0.4, -0.2) is 71.9 Å². The SMILES string of the molecule is Cc1cn(COC(=O)c2ccc(OCC(CO[N+](=O)[O-])O[N+](=O)[O-])cc2)c(=O)c2cccc(S(=O)(=O)N3CC[C@H](N)C3)c12. The Bertz CT molecular complexity index is 1690. The second-order valence-electron chi connectivity index (χ2n) is 9.54. The highest BCUT2D eigenvalue weighted by atomic mass is 32.2. The number of carbonyl (C=O) groups excluding carboxylic acids is 1. The number of benzene rings is 2. The van der Waals surface area contributed by atoms with Crippen LogP contribution in [0.3, 0.4) is 0 Å². The fourth-order valence-electron chi connectivity index (χ4n) is 4.51. The van der Waals surface area contributed by atoms with Crippen LogP contribution in [0.5, 0.6) is 5.75 Å². The molecule has 1 aliphatic rings. The Morgan fingerprint density at radius 2 is 1.84 bits per heavy atom. The normalized spacial score (nSPS) is 16.0. The van der Waals surface area contributed by atoms with Crippen LogP contribution in [0.25, 0.3) is 10.8 Å². The van der Waals surface area contributed by atoms with Crippen molar-refractivity contribution in [2.75, 3.05) is 26.3 Å². The van der Waals surface area contributed by atoms with Gasteiger partial charge in [0.2, 0.25) is 10.0 Å². The van der Waals surface area contributed by atoms with Gasteiger partial charge < -0.3 is 24.9 Å². The number of sulfonamides is 1. The van der Waals surface area contributed by atoms with Crippen LogP contribution in [-0.2, 0) is 31.2 Å². The molecule has 2 N–H and O–H groups in total. The van der Waals surface area contributed by atoms with E-state index < -0.39 is 57.8 Å². The van der Waals surface area contributed by atoms with Gasteiger partial charge in [-0.05, 0) is 55.3 Å². The summed E-state index contributed by atoms with van der Waals surface area (Å²) in [5.74, 6) is -0.621. The molecule has 2 heterocycles. The first-order valence-electron chi connectivity index (χ1n) is 12.7. The maximum atomic E-state index is 13.3. The van der Waals surface area contributed by atoms with Gasteiger partial charge in [0, 0.05) is 36.1 Å². The van der Waals surface area contributed by atoms with E-state index in [-0.39, 0.29) is 46.1 Å². The van der Waals surface area contributed by atoms with Crippen molar-refractivity contribution < 1.29 is 42.5 Å².